The third-order valence-electron chi connectivity index (χ3n) is 2.73. The maximum absolute atomic E-state index is 12.6. The highest BCUT2D eigenvalue weighted by molar-refractivity contribution is 7.93. The summed E-state index contributed by atoms with van der Waals surface area (Å²) >= 11 is 5.91. The first-order valence-electron chi connectivity index (χ1n) is 5.56. The summed E-state index contributed by atoms with van der Waals surface area (Å²) in [4.78, 5) is -1.22. The zero-order chi connectivity index (χ0) is 15.8. The average molecular weight is 347 g/mol. The molecule has 9 heteroatoms. The molecule has 0 unspecified atom stereocenters. The van der Waals surface area contributed by atoms with Gasteiger partial charge in [-0.3, -0.25) is 0 Å². The average Bonchev–Trinajstić information content (AvgIpc) is 2.41. The molecule has 0 amide bonds. The number of hydrogen-bond donors (Lipinski definition) is 2. The van der Waals surface area contributed by atoms with Gasteiger partial charge in [-0.2, -0.15) is 0 Å². The van der Waals surface area contributed by atoms with E-state index in [1.807, 2.05) is 0 Å². The topological polar surface area (TPSA) is 120 Å². The number of nitrogen functional groups attached to an aromatic ring is 1. The van der Waals surface area contributed by atoms with Crippen molar-refractivity contribution in [1.29, 1.82) is 0 Å². The highest BCUT2D eigenvalue weighted by atomic mass is 35.5. The first kappa shape index (κ1) is 15.8. The number of sulfonamides is 1. The molecule has 2 aromatic rings. The third kappa shape index (κ3) is 2.88. The number of sulfone groups is 1. The van der Waals surface area contributed by atoms with Crippen LogP contribution in [0.2, 0.25) is 5.02 Å². The van der Waals surface area contributed by atoms with E-state index in [-0.39, 0.29) is 15.6 Å². The Balaban J connectivity index is 2.81. The maximum Gasteiger partial charge on any atom is 0.239 e. The number of anilines is 1. The van der Waals surface area contributed by atoms with Crippen molar-refractivity contribution in [3.63, 3.8) is 0 Å². The van der Waals surface area contributed by atoms with Gasteiger partial charge in [-0.05, 0) is 24.3 Å². The van der Waals surface area contributed by atoms with Crippen molar-refractivity contribution < 1.29 is 16.8 Å². The molecule has 2 aromatic carbocycles. The summed E-state index contributed by atoms with van der Waals surface area (Å²) in [6.07, 6.45) is 0. The number of benzene rings is 2. The Hall–Kier alpha value is -1.61. The van der Waals surface area contributed by atoms with Crippen molar-refractivity contribution in [1.82, 2.24) is 0 Å². The van der Waals surface area contributed by atoms with Gasteiger partial charge < -0.3 is 5.73 Å². The zero-order valence-electron chi connectivity index (χ0n) is 10.5. The van der Waals surface area contributed by atoms with Crippen LogP contribution in [0.25, 0.3) is 0 Å². The predicted molar refractivity (Wildman–Crippen MR) is 79.1 cm³/mol. The van der Waals surface area contributed by atoms with Gasteiger partial charge in [0.25, 0.3) is 0 Å². The summed E-state index contributed by atoms with van der Waals surface area (Å²) in [7, 11) is -8.38. The highest BCUT2D eigenvalue weighted by Gasteiger charge is 2.28. The lowest BCUT2D eigenvalue weighted by Gasteiger charge is -2.11. The molecule has 0 spiro atoms. The molecule has 0 atom stereocenters. The number of halogens is 1. The zero-order valence-corrected chi connectivity index (χ0v) is 12.9. The van der Waals surface area contributed by atoms with E-state index < -0.39 is 29.7 Å². The molecule has 0 aliphatic heterocycles. The van der Waals surface area contributed by atoms with Crippen LogP contribution in [0.15, 0.2) is 57.2 Å². The van der Waals surface area contributed by atoms with E-state index in [0.717, 1.165) is 12.1 Å². The SMILES string of the molecule is Nc1cccc(S(=O)(=O)c2ccccc2S(N)(=O)=O)c1Cl. The van der Waals surface area contributed by atoms with Gasteiger partial charge in [-0.25, -0.2) is 22.0 Å². The van der Waals surface area contributed by atoms with Crippen molar-refractivity contribution in [2.24, 2.45) is 5.14 Å². The second-order valence-corrected chi connectivity index (χ2v) is 7.95. The van der Waals surface area contributed by atoms with Crippen LogP contribution in [0, 0.1) is 0 Å². The van der Waals surface area contributed by atoms with Crippen LogP contribution in [-0.2, 0) is 19.9 Å². The summed E-state index contributed by atoms with van der Waals surface area (Å²) in [5, 5.41) is 4.89. The number of nitrogens with two attached hydrogens (primary N) is 2. The first-order valence-corrected chi connectivity index (χ1v) is 8.97. The van der Waals surface area contributed by atoms with E-state index in [9.17, 15) is 16.8 Å². The minimum Gasteiger partial charge on any atom is -0.397 e. The minimum absolute atomic E-state index is 0.0748. The molecule has 0 aliphatic rings. The van der Waals surface area contributed by atoms with E-state index in [2.05, 4.69) is 0 Å². The van der Waals surface area contributed by atoms with Gasteiger partial charge in [-0.15, -0.1) is 0 Å². The van der Waals surface area contributed by atoms with E-state index in [1.165, 1.54) is 30.3 Å². The van der Waals surface area contributed by atoms with Gasteiger partial charge >= 0.3 is 0 Å². The quantitative estimate of drug-likeness (QED) is 0.814. The molecule has 0 saturated carbocycles. The molecule has 0 aliphatic carbocycles. The standard InChI is InChI=1S/C12H11ClN2O4S2/c13-12-8(14)4-3-7-11(12)20(16,17)9-5-1-2-6-10(9)21(15,18)19/h1-7H,14H2,(H2,15,18,19). The van der Waals surface area contributed by atoms with Crippen LogP contribution >= 0.6 is 11.6 Å². The Morgan fingerprint density at radius 1 is 0.810 bits per heavy atom. The third-order valence-corrected chi connectivity index (χ3v) is 6.21. The van der Waals surface area contributed by atoms with Crippen LogP contribution in [0.1, 0.15) is 0 Å². The normalized spacial score (nSPS) is 12.3. The van der Waals surface area contributed by atoms with Gasteiger partial charge in [0.15, 0.2) is 0 Å². The second kappa shape index (κ2) is 5.30. The van der Waals surface area contributed by atoms with E-state index in [1.54, 1.807) is 0 Å². The fraction of sp³-hybridized carbons (Fsp3) is 0. The molecular weight excluding hydrogens is 336 g/mol. The minimum atomic E-state index is -4.20. The summed E-state index contributed by atoms with van der Waals surface area (Å²) in [5.41, 5.74) is 5.65. The largest absolute Gasteiger partial charge is 0.397 e. The number of hydrogen-bond acceptors (Lipinski definition) is 5. The number of primary sulfonamides is 1. The molecule has 0 radical (unpaired) electrons. The molecule has 6 nitrogen and oxygen atoms in total. The van der Waals surface area contributed by atoms with E-state index in [0.29, 0.717) is 0 Å². The molecule has 0 saturated heterocycles. The summed E-state index contributed by atoms with van der Waals surface area (Å²) in [5.74, 6) is 0. The van der Waals surface area contributed by atoms with Gasteiger partial charge in [0.2, 0.25) is 19.9 Å². The maximum atomic E-state index is 12.6. The summed E-state index contributed by atoms with van der Waals surface area (Å²) in [6, 6.07) is 9.12. The fourth-order valence-corrected chi connectivity index (χ4v) is 4.93. The molecule has 0 aromatic heterocycles. The molecule has 21 heavy (non-hydrogen) atoms. The molecule has 0 heterocycles. The lowest BCUT2D eigenvalue weighted by molar-refractivity contribution is 0.583. The van der Waals surface area contributed by atoms with Crippen molar-refractivity contribution in [2.45, 2.75) is 14.7 Å². The highest BCUT2D eigenvalue weighted by Crippen LogP contribution is 2.33. The Morgan fingerprint density at radius 3 is 1.90 bits per heavy atom. The van der Waals surface area contributed by atoms with E-state index in [4.69, 9.17) is 22.5 Å². The van der Waals surface area contributed by atoms with Gasteiger partial charge in [-0.1, -0.05) is 29.8 Å². The Kier molecular flexibility index (Phi) is 3.98. The molecule has 2 rings (SSSR count). The molecule has 112 valence electrons. The smallest absolute Gasteiger partial charge is 0.239 e. The molecule has 0 fully saturated rings. The Bertz CT molecular complexity index is 909. The number of rotatable bonds is 3. The molecule has 4 N–H and O–H groups in total. The Labute approximate surface area is 127 Å². The van der Waals surface area contributed by atoms with Gasteiger partial charge in [0.1, 0.15) is 4.90 Å². The van der Waals surface area contributed by atoms with Crippen molar-refractivity contribution >= 4 is 37.1 Å². The van der Waals surface area contributed by atoms with Gasteiger partial charge in [0.05, 0.1) is 20.5 Å². The lowest BCUT2D eigenvalue weighted by Crippen LogP contribution is -2.17. The van der Waals surface area contributed by atoms with E-state index >= 15 is 0 Å². The predicted octanol–water partition coefficient (Wildman–Crippen LogP) is 1.40. The van der Waals surface area contributed by atoms with Crippen LogP contribution in [0.3, 0.4) is 0 Å². The van der Waals surface area contributed by atoms with Crippen LogP contribution in [0.5, 0.6) is 0 Å². The summed E-state index contributed by atoms with van der Waals surface area (Å²) in [6.45, 7) is 0. The fourth-order valence-electron chi connectivity index (χ4n) is 1.76. The van der Waals surface area contributed by atoms with Crippen molar-refractivity contribution in [2.75, 3.05) is 5.73 Å². The monoisotopic (exact) mass is 346 g/mol. The Morgan fingerprint density at radius 2 is 1.33 bits per heavy atom. The molecule has 0 bridgehead atoms. The van der Waals surface area contributed by atoms with Crippen LogP contribution < -0.4 is 10.9 Å². The molecular formula is C12H11ClN2O4S2. The van der Waals surface area contributed by atoms with Crippen molar-refractivity contribution in [3.05, 3.63) is 47.5 Å². The first-order chi connectivity index (χ1) is 9.65. The van der Waals surface area contributed by atoms with Crippen LogP contribution in [0.4, 0.5) is 5.69 Å². The second-order valence-electron chi connectivity index (χ2n) is 4.15. The van der Waals surface area contributed by atoms with Gasteiger partial charge in [0, 0.05) is 0 Å². The lowest BCUT2D eigenvalue weighted by atomic mass is 10.3. The van der Waals surface area contributed by atoms with Crippen molar-refractivity contribution in [3.8, 4) is 0 Å². The summed E-state index contributed by atoms with van der Waals surface area (Å²) < 4.78 is 48.3. The van der Waals surface area contributed by atoms with Crippen LogP contribution in [-0.4, -0.2) is 16.8 Å².